The standard InChI is InChI=1S/C10H10BrN3O/c1-6-13-7(5-12)4-8(14-6)9-2-3-10(11)15-9/h2-4H,5,12H2,1H3. The largest absolute Gasteiger partial charge is 0.448 e. The van der Waals surface area contributed by atoms with Crippen LogP contribution in [-0.2, 0) is 6.54 Å². The molecule has 0 amide bonds. The van der Waals surface area contributed by atoms with E-state index in [1.807, 2.05) is 25.1 Å². The fraction of sp³-hybridized carbons (Fsp3) is 0.200. The van der Waals surface area contributed by atoms with Crippen molar-refractivity contribution in [2.45, 2.75) is 13.5 Å². The van der Waals surface area contributed by atoms with Gasteiger partial charge >= 0.3 is 0 Å². The van der Waals surface area contributed by atoms with Crippen molar-refractivity contribution in [3.8, 4) is 11.5 Å². The molecule has 2 heterocycles. The second-order valence-corrected chi connectivity index (χ2v) is 3.88. The molecule has 0 saturated carbocycles. The quantitative estimate of drug-likeness (QED) is 0.907. The molecule has 0 bridgehead atoms. The van der Waals surface area contributed by atoms with Gasteiger partial charge in [0.05, 0.1) is 5.69 Å². The van der Waals surface area contributed by atoms with Crippen LogP contribution in [0, 0.1) is 6.92 Å². The monoisotopic (exact) mass is 267 g/mol. The number of rotatable bonds is 2. The van der Waals surface area contributed by atoms with Gasteiger partial charge in [-0.3, -0.25) is 0 Å². The lowest BCUT2D eigenvalue weighted by Gasteiger charge is -2.01. The van der Waals surface area contributed by atoms with Crippen LogP contribution in [0.2, 0.25) is 0 Å². The van der Waals surface area contributed by atoms with E-state index in [2.05, 4.69) is 25.9 Å². The molecule has 2 aromatic heterocycles. The van der Waals surface area contributed by atoms with Crippen molar-refractivity contribution in [3.63, 3.8) is 0 Å². The van der Waals surface area contributed by atoms with Crippen LogP contribution in [0.15, 0.2) is 27.3 Å². The smallest absolute Gasteiger partial charge is 0.169 e. The maximum absolute atomic E-state index is 5.54. The third kappa shape index (κ3) is 2.24. The Bertz CT molecular complexity index is 481. The Kier molecular flexibility index (Phi) is 2.83. The van der Waals surface area contributed by atoms with Gasteiger partial charge in [0.25, 0.3) is 0 Å². The number of aromatic nitrogens is 2. The minimum Gasteiger partial charge on any atom is -0.448 e. The van der Waals surface area contributed by atoms with E-state index >= 15 is 0 Å². The van der Waals surface area contributed by atoms with E-state index in [4.69, 9.17) is 10.2 Å². The maximum Gasteiger partial charge on any atom is 0.169 e. The molecular formula is C10H10BrN3O. The van der Waals surface area contributed by atoms with E-state index < -0.39 is 0 Å². The van der Waals surface area contributed by atoms with E-state index in [1.54, 1.807) is 0 Å². The van der Waals surface area contributed by atoms with E-state index in [0.717, 1.165) is 11.4 Å². The van der Waals surface area contributed by atoms with Gasteiger partial charge in [0, 0.05) is 6.54 Å². The highest BCUT2D eigenvalue weighted by Gasteiger charge is 2.07. The lowest BCUT2D eigenvalue weighted by atomic mass is 10.2. The molecule has 4 nitrogen and oxygen atoms in total. The molecule has 78 valence electrons. The van der Waals surface area contributed by atoms with Gasteiger partial charge in [-0.1, -0.05) is 0 Å². The number of aryl methyl sites for hydroxylation is 1. The predicted octanol–water partition coefficient (Wildman–Crippen LogP) is 2.27. The molecule has 0 unspecified atom stereocenters. The number of hydrogen-bond acceptors (Lipinski definition) is 4. The van der Waals surface area contributed by atoms with Gasteiger partial charge in [0.15, 0.2) is 10.4 Å². The van der Waals surface area contributed by atoms with Crippen LogP contribution in [0.3, 0.4) is 0 Å². The molecule has 0 aliphatic heterocycles. The number of halogens is 1. The summed E-state index contributed by atoms with van der Waals surface area (Å²) in [6, 6.07) is 5.51. The summed E-state index contributed by atoms with van der Waals surface area (Å²) in [5.41, 5.74) is 7.11. The summed E-state index contributed by atoms with van der Waals surface area (Å²) in [5, 5.41) is 0. The highest BCUT2D eigenvalue weighted by Crippen LogP contribution is 2.23. The van der Waals surface area contributed by atoms with Crippen LogP contribution in [0.1, 0.15) is 11.5 Å². The van der Waals surface area contributed by atoms with Crippen molar-refractivity contribution in [2.75, 3.05) is 0 Å². The van der Waals surface area contributed by atoms with Gasteiger partial charge in [0.2, 0.25) is 0 Å². The molecule has 0 aliphatic rings. The van der Waals surface area contributed by atoms with Crippen molar-refractivity contribution in [2.24, 2.45) is 5.73 Å². The molecule has 5 heteroatoms. The maximum atomic E-state index is 5.54. The van der Waals surface area contributed by atoms with Gasteiger partial charge in [-0.2, -0.15) is 0 Å². The molecular weight excluding hydrogens is 258 g/mol. The number of hydrogen-bond donors (Lipinski definition) is 1. The van der Waals surface area contributed by atoms with Crippen molar-refractivity contribution in [1.82, 2.24) is 9.97 Å². The first-order chi connectivity index (χ1) is 7.19. The van der Waals surface area contributed by atoms with Crippen molar-refractivity contribution >= 4 is 15.9 Å². The Labute approximate surface area is 95.7 Å². The second kappa shape index (κ2) is 4.12. The minimum absolute atomic E-state index is 0.401. The minimum atomic E-state index is 0.401. The third-order valence-corrected chi connectivity index (χ3v) is 2.35. The summed E-state index contributed by atoms with van der Waals surface area (Å²) in [5.74, 6) is 1.41. The summed E-state index contributed by atoms with van der Waals surface area (Å²) >= 11 is 3.25. The second-order valence-electron chi connectivity index (χ2n) is 3.10. The Morgan fingerprint density at radius 3 is 2.80 bits per heavy atom. The summed E-state index contributed by atoms with van der Waals surface area (Å²) in [7, 11) is 0. The van der Waals surface area contributed by atoms with E-state index in [-0.39, 0.29) is 0 Å². The molecule has 0 saturated heterocycles. The van der Waals surface area contributed by atoms with E-state index in [1.165, 1.54) is 0 Å². The Balaban J connectivity index is 2.48. The fourth-order valence-corrected chi connectivity index (χ4v) is 1.62. The zero-order valence-corrected chi connectivity index (χ0v) is 9.78. The predicted molar refractivity (Wildman–Crippen MR) is 60.1 cm³/mol. The van der Waals surface area contributed by atoms with Crippen molar-refractivity contribution in [1.29, 1.82) is 0 Å². The first kappa shape index (κ1) is 10.3. The molecule has 2 rings (SSSR count). The van der Waals surface area contributed by atoms with E-state index in [0.29, 0.717) is 22.8 Å². The first-order valence-electron chi connectivity index (χ1n) is 4.49. The van der Waals surface area contributed by atoms with Gasteiger partial charge in [0.1, 0.15) is 11.5 Å². The lowest BCUT2D eigenvalue weighted by molar-refractivity contribution is 0.553. The number of nitrogens with two attached hydrogens (primary N) is 1. The Morgan fingerprint density at radius 2 is 2.20 bits per heavy atom. The third-order valence-electron chi connectivity index (χ3n) is 1.93. The summed E-state index contributed by atoms with van der Waals surface area (Å²) in [6.07, 6.45) is 0. The van der Waals surface area contributed by atoms with Crippen LogP contribution in [0.25, 0.3) is 11.5 Å². The first-order valence-corrected chi connectivity index (χ1v) is 5.28. The van der Waals surface area contributed by atoms with Gasteiger partial charge in [-0.25, -0.2) is 9.97 Å². The zero-order chi connectivity index (χ0) is 10.8. The number of furan rings is 1. The van der Waals surface area contributed by atoms with E-state index in [9.17, 15) is 0 Å². The molecule has 0 fully saturated rings. The highest BCUT2D eigenvalue weighted by molar-refractivity contribution is 9.10. The normalized spacial score (nSPS) is 10.6. The molecule has 0 aliphatic carbocycles. The van der Waals surface area contributed by atoms with Crippen LogP contribution in [0.5, 0.6) is 0 Å². The molecule has 2 N–H and O–H groups in total. The average molecular weight is 268 g/mol. The molecule has 0 spiro atoms. The van der Waals surface area contributed by atoms with Crippen LogP contribution < -0.4 is 5.73 Å². The summed E-state index contributed by atoms with van der Waals surface area (Å²) < 4.78 is 6.09. The Morgan fingerprint density at radius 1 is 1.40 bits per heavy atom. The van der Waals surface area contributed by atoms with Gasteiger partial charge < -0.3 is 10.2 Å². The number of nitrogens with zero attached hydrogens (tertiary/aromatic N) is 2. The Hall–Kier alpha value is -1.20. The average Bonchev–Trinajstić information content (AvgIpc) is 2.64. The molecule has 15 heavy (non-hydrogen) atoms. The molecule has 0 atom stereocenters. The van der Waals surface area contributed by atoms with Crippen LogP contribution in [0.4, 0.5) is 0 Å². The summed E-state index contributed by atoms with van der Waals surface area (Å²) in [6.45, 7) is 2.24. The lowest BCUT2D eigenvalue weighted by Crippen LogP contribution is -2.03. The summed E-state index contributed by atoms with van der Waals surface area (Å²) in [4.78, 5) is 8.48. The van der Waals surface area contributed by atoms with Crippen molar-refractivity contribution < 1.29 is 4.42 Å². The molecule has 0 aromatic carbocycles. The van der Waals surface area contributed by atoms with Gasteiger partial charge in [-0.15, -0.1) is 0 Å². The SMILES string of the molecule is Cc1nc(CN)cc(-c2ccc(Br)o2)n1. The van der Waals surface area contributed by atoms with Crippen LogP contribution in [-0.4, -0.2) is 9.97 Å². The van der Waals surface area contributed by atoms with Crippen molar-refractivity contribution in [3.05, 3.63) is 34.4 Å². The highest BCUT2D eigenvalue weighted by atomic mass is 79.9. The van der Waals surface area contributed by atoms with Gasteiger partial charge in [-0.05, 0) is 41.1 Å². The fourth-order valence-electron chi connectivity index (χ4n) is 1.31. The van der Waals surface area contributed by atoms with Crippen LogP contribution >= 0.6 is 15.9 Å². The molecule has 2 aromatic rings. The zero-order valence-electron chi connectivity index (χ0n) is 8.20. The molecule has 0 radical (unpaired) electrons. The topological polar surface area (TPSA) is 64.9 Å².